The number of benzene rings is 2. The van der Waals surface area contributed by atoms with Crippen molar-refractivity contribution >= 4 is 17.2 Å². The first-order chi connectivity index (χ1) is 19.4. The summed E-state index contributed by atoms with van der Waals surface area (Å²) >= 11 is 0. The number of nitrogens with two attached hydrogens (primary N) is 1. The fraction of sp³-hybridized carbons (Fsp3) is 0.485. The second kappa shape index (κ2) is 11.7. The van der Waals surface area contributed by atoms with E-state index in [-0.39, 0.29) is 0 Å². The maximum absolute atomic E-state index is 6.15. The summed E-state index contributed by atoms with van der Waals surface area (Å²) in [6, 6.07) is 19.8. The molecule has 2 aromatic carbocycles. The Morgan fingerprint density at radius 3 is 2.30 bits per heavy atom. The number of rotatable bonds is 7. The van der Waals surface area contributed by atoms with Crippen LogP contribution < -0.4 is 10.5 Å². The minimum atomic E-state index is -0.595. The van der Waals surface area contributed by atoms with Gasteiger partial charge in [-0.2, -0.15) is 4.98 Å². The summed E-state index contributed by atoms with van der Waals surface area (Å²) < 4.78 is 6.15. The molecule has 2 N–H and O–H groups in total. The van der Waals surface area contributed by atoms with Gasteiger partial charge in [-0.3, -0.25) is 4.90 Å². The predicted octanol–water partition coefficient (Wildman–Crippen LogP) is 5.83. The van der Waals surface area contributed by atoms with E-state index in [0.717, 1.165) is 23.7 Å². The molecule has 0 amide bonds. The number of anilines is 1. The molecular weight excluding hydrogens is 496 g/mol. The number of hydrogen-bond acceptors (Lipinski definition) is 7. The van der Waals surface area contributed by atoms with E-state index in [1.807, 2.05) is 13.8 Å². The number of ether oxygens (including phenoxy) is 1. The molecule has 0 spiro atoms. The molecule has 40 heavy (non-hydrogen) atoms. The van der Waals surface area contributed by atoms with E-state index in [9.17, 15) is 0 Å². The van der Waals surface area contributed by atoms with E-state index >= 15 is 0 Å². The lowest BCUT2D eigenvalue weighted by Gasteiger charge is -2.36. The second-order valence-electron chi connectivity index (χ2n) is 12.2. The van der Waals surface area contributed by atoms with Crippen LogP contribution in [0.5, 0.6) is 5.88 Å². The summed E-state index contributed by atoms with van der Waals surface area (Å²) in [6.45, 7) is 11.1. The van der Waals surface area contributed by atoms with Gasteiger partial charge in [-0.1, -0.05) is 54.6 Å². The fourth-order valence-corrected chi connectivity index (χ4v) is 6.58. The first-order valence-electron chi connectivity index (χ1n) is 14.9. The van der Waals surface area contributed by atoms with Gasteiger partial charge in [0, 0.05) is 38.3 Å². The van der Waals surface area contributed by atoms with Crippen molar-refractivity contribution in [1.82, 2.24) is 19.8 Å². The van der Waals surface area contributed by atoms with Crippen LogP contribution in [0, 0.1) is 5.92 Å². The van der Waals surface area contributed by atoms with Gasteiger partial charge in [-0.05, 0) is 75.5 Å². The van der Waals surface area contributed by atoms with Gasteiger partial charge in [0.25, 0.3) is 0 Å². The Balaban J connectivity index is 0.977. The zero-order valence-corrected chi connectivity index (χ0v) is 23.9. The molecule has 1 aromatic heterocycles. The molecule has 7 nitrogen and oxygen atoms in total. The van der Waals surface area contributed by atoms with Gasteiger partial charge in [0.2, 0.25) is 5.88 Å². The maximum Gasteiger partial charge on any atom is 0.246 e. The number of aliphatic imine (C=N–C) groups is 1. The average molecular weight is 539 g/mol. The van der Waals surface area contributed by atoms with Crippen LogP contribution in [0.3, 0.4) is 0 Å². The third-order valence-electron chi connectivity index (χ3n) is 9.03. The Morgan fingerprint density at radius 1 is 0.875 bits per heavy atom. The Bertz CT molecular complexity index is 1310. The first-order valence-corrected chi connectivity index (χ1v) is 14.9. The summed E-state index contributed by atoms with van der Waals surface area (Å²) in [5, 5.41) is 0. The van der Waals surface area contributed by atoms with Crippen molar-refractivity contribution in [2.24, 2.45) is 10.9 Å². The van der Waals surface area contributed by atoms with E-state index in [4.69, 9.17) is 15.5 Å². The van der Waals surface area contributed by atoms with Gasteiger partial charge in [0.05, 0.1) is 5.71 Å². The molecule has 1 saturated carbocycles. The fourth-order valence-electron chi connectivity index (χ4n) is 6.58. The highest BCUT2D eigenvalue weighted by Gasteiger charge is 2.35. The minimum Gasteiger partial charge on any atom is -0.463 e. The first kappa shape index (κ1) is 26.9. The molecule has 1 saturated heterocycles. The van der Waals surface area contributed by atoms with Gasteiger partial charge in [0.1, 0.15) is 11.9 Å². The van der Waals surface area contributed by atoms with Crippen molar-refractivity contribution in [2.75, 3.05) is 38.5 Å². The van der Waals surface area contributed by atoms with E-state index in [1.54, 1.807) is 0 Å². The van der Waals surface area contributed by atoms with Crippen molar-refractivity contribution in [3.8, 4) is 5.88 Å². The number of fused-ring (bicyclic) bond motifs is 1. The summed E-state index contributed by atoms with van der Waals surface area (Å²) in [6.07, 6.45) is 8.00. The van der Waals surface area contributed by atoms with Gasteiger partial charge < -0.3 is 15.4 Å². The lowest BCUT2D eigenvalue weighted by atomic mass is 9.77. The monoisotopic (exact) mass is 538 g/mol. The highest BCUT2D eigenvalue weighted by atomic mass is 16.5. The quantitative estimate of drug-likeness (QED) is 0.408. The third-order valence-corrected chi connectivity index (χ3v) is 9.03. The zero-order valence-electron chi connectivity index (χ0n) is 23.9. The highest BCUT2D eigenvalue weighted by molar-refractivity contribution is 6.09. The maximum atomic E-state index is 6.15. The van der Waals surface area contributed by atoms with E-state index in [0.29, 0.717) is 23.3 Å². The Morgan fingerprint density at radius 2 is 1.57 bits per heavy atom. The van der Waals surface area contributed by atoms with Crippen LogP contribution in [0.4, 0.5) is 11.5 Å². The van der Waals surface area contributed by atoms with Crippen LogP contribution in [0.2, 0.25) is 0 Å². The van der Waals surface area contributed by atoms with E-state index < -0.39 is 5.60 Å². The SMILES string of the molecule is CC1(C)Oc2ncnc(N)c2N=C1c1ccc(C2CCC(CCN3CCN(Cc4ccccc4)CC3)CC2)cc1. The lowest BCUT2D eigenvalue weighted by Crippen LogP contribution is -2.46. The molecule has 6 rings (SSSR count). The van der Waals surface area contributed by atoms with Crippen molar-refractivity contribution in [2.45, 2.75) is 64.0 Å². The smallest absolute Gasteiger partial charge is 0.246 e. The average Bonchev–Trinajstić information content (AvgIpc) is 2.97. The normalized spacial score (nSPS) is 23.2. The van der Waals surface area contributed by atoms with Crippen molar-refractivity contribution in [3.05, 3.63) is 77.6 Å². The van der Waals surface area contributed by atoms with Crippen LogP contribution >= 0.6 is 0 Å². The molecule has 1 aliphatic carbocycles. The van der Waals surface area contributed by atoms with Crippen LogP contribution in [0.15, 0.2) is 65.9 Å². The second-order valence-corrected chi connectivity index (χ2v) is 12.2. The number of aromatic nitrogens is 2. The molecule has 3 heterocycles. The topological polar surface area (TPSA) is 79.9 Å². The van der Waals surface area contributed by atoms with Gasteiger partial charge in [-0.15, -0.1) is 0 Å². The summed E-state index contributed by atoms with van der Waals surface area (Å²) in [7, 11) is 0. The molecule has 3 aliphatic rings. The Kier molecular flexibility index (Phi) is 7.85. The van der Waals surface area contributed by atoms with E-state index in [1.165, 1.54) is 82.3 Å². The van der Waals surface area contributed by atoms with Crippen molar-refractivity contribution < 1.29 is 4.74 Å². The lowest BCUT2D eigenvalue weighted by molar-refractivity contribution is 0.118. The Hall–Kier alpha value is -3.29. The Labute approximate surface area is 238 Å². The number of nitrogen functional groups attached to an aromatic ring is 1. The number of piperazine rings is 1. The van der Waals surface area contributed by atoms with Crippen molar-refractivity contribution in [3.63, 3.8) is 0 Å². The standard InChI is InChI=1S/C33H42N6O/c1-33(2)30(37-29-31(34)35-23-36-32(29)40-33)28-14-12-27(13-15-28)26-10-8-24(9-11-26)16-17-38-18-20-39(21-19-38)22-25-6-4-3-5-7-25/h3-7,12-15,23-24,26H,8-11,16-22H2,1-2H3,(H2,34,35,36). The summed E-state index contributed by atoms with van der Waals surface area (Å²) in [5.41, 5.74) is 10.8. The van der Waals surface area contributed by atoms with Crippen LogP contribution in [0.1, 0.15) is 68.6 Å². The minimum absolute atomic E-state index is 0.344. The molecular formula is C33H42N6O. The van der Waals surface area contributed by atoms with E-state index in [2.05, 4.69) is 74.4 Å². The zero-order chi connectivity index (χ0) is 27.5. The third kappa shape index (κ3) is 6.06. The number of hydrogen-bond donors (Lipinski definition) is 1. The molecule has 0 atom stereocenters. The van der Waals surface area contributed by atoms with Crippen molar-refractivity contribution in [1.29, 1.82) is 0 Å². The molecule has 2 fully saturated rings. The van der Waals surface area contributed by atoms with Gasteiger partial charge in [-0.25, -0.2) is 9.98 Å². The summed E-state index contributed by atoms with van der Waals surface area (Å²) in [5.74, 6) is 2.30. The molecule has 0 bridgehead atoms. The van der Waals surface area contributed by atoms with Crippen LogP contribution in [-0.2, 0) is 6.54 Å². The van der Waals surface area contributed by atoms with Crippen LogP contribution in [0.25, 0.3) is 0 Å². The molecule has 7 heteroatoms. The molecule has 0 radical (unpaired) electrons. The molecule has 210 valence electrons. The highest BCUT2D eigenvalue weighted by Crippen LogP contribution is 2.40. The summed E-state index contributed by atoms with van der Waals surface area (Å²) in [4.78, 5) is 18.4. The van der Waals surface area contributed by atoms with Gasteiger partial charge >= 0.3 is 0 Å². The van der Waals surface area contributed by atoms with Crippen LogP contribution in [-0.4, -0.2) is 63.8 Å². The largest absolute Gasteiger partial charge is 0.463 e. The number of nitrogens with zero attached hydrogens (tertiary/aromatic N) is 5. The van der Waals surface area contributed by atoms with Gasteiger partial charge in [0.15, 0.2) is 11.5 Å². The molecule has 0 unspecified atom stereocenters. The molecule has 2 aliphatic heterocycles. The molecule has 3 aromatic rings. The predicted molar refractivity (Wildman–Crippen MR) is 161 cm³/mol.